The summed E-state index contributed by atoms with van der Waals surface area (Å²) in [5, 5.41) is 35.0. The molecule has 0 saturated heterocycles. The van der Waals surface area contributed by atoms with Gasteiger partial charge < -0.3 is 15.5 Å². The average molecular weight is 512 g/mol. The van der Waals surface area contributed by atoms with Gasteiger partial charge in [-0.3, -0.25) is 19.7 Å². The molecule has 36 heavy (non-hydrogen) atoms. The predicted molar refractivity (Wildman–Crippen MR) is 134 cm³/mol. The van der Waals surface area contributed by atoms with E-state index in [-0.39, 0.29) is 53.2 Å². The third-order valence-electron chi connectivity index (χ3n) is 8.57. The Morgan fingerprint density at radius 1 is 1.39 bits per heavy atom. The van der Waals surface area contributed by atoms with E-state index in [4.69, 9.17) is 0 Å². The Morgan fingerprint density at radius 2 is 2.17 bits per heavy atom. The first-order chi connectivity index (χ1) is 17.1. The van der Waals surface area contributed by atoms with E-state index in [9.17, 15) is 29.9 Å². The molecule has 2 fully saturated rings. The first-order valence-electron chi connectivity index (χ1n) is 12.3. The van der Waals surface area contributed by atoms with E-state index in [0.717, 1.165) is 28.7 Å². The number of amides is 1. The van der Waals surface area contributed by atoms with Gasteiger partial charge in [0.2, 0.25) is 5.91 Å². The van der Waals surface area contributed by atoms with Crippen molar-refractivity contribution in [2.75, 3.05) is 5.32 Å². The third kappa shape index (κ3) is 3.87. The normalized spacial score (nSPS) is 29.9. The quantitative estimate of drug-likeness (QED) is 0.217. The van der Waals surface area contributed by atoms with E-state index >= 15 is 0 Å². The molecule has 0 aliphatic heterocycles. The molecule has 190 valence electrons. The van der Waals surface area contributed by atoms with E-state index < -0.39 is 10.3 Å². The molecule has 9 nitrogen and oxygen atoms in total. The van der Waals surface area contributed by atoms with Crippen LogP contribution in [0.2, 0.25) is 0 Å². The molecule has 3 N–H and O–H groups in total. The first kappa shape index (κ1) is 24.4. The van der Waals surface area contributed by atoms with Crippen LogP contribution >= 0.6 is 11.3 Å². The second-order valence-electron chi connectivity index (χ2n) is 10.5. The van der Waals surface area contributed by atoms with Crippen molar-refractivity contribution in [1.29, 1.82) is 0 Å². The van der Waals surface area contributed by atoms with Gasteiger partial charge in [0, 0.05) is 34.5 Å². The maximum atomic E-state index is 13.5. The number of phenolic OH excluding ortho intramolecular Hbond substituents is 1. The number of benzene rings is 1. The monoisotopic (exact) mass is 511 g/mol. The molecule has 5 atom stereocenters. The molecular weight excluding hydrogens is 482 g/mol. The number of nitrogens with zero attached hydrogens (tertiary/aromatic N) is 2. The lowest BCUT2D eigenvalue weighted by atomic mass is 9.54. The minimum absolute atomic E-state index is 0.0200. The van der Waals surface area contributed by atoms with Crippen LogP contribution in [0.5, 0.6) is 5.75 Å². The molecule has 2 saturated carbocycles. The molecule has 10 heteroatoms. The van der Waals surface area contributed by atoms with Gasteiger partial charge in [-0.25, -0.2) is 4.98 Å². The van der Waals surface area contributed by atoms with Crippen molar-refractivity contribution in [1.82, 2.24) is 4.98 Å². The lowest BCUT2D eigenvalue weighted by Gasteiger charge is -2.49. The number of ketones is 1. The Labute approximate surface area is 212 Å². The van der Waals surface area contributed by atoms with Crippen LogP contribution in [0.25, 0.3) is 0 Å². The number of fused-ring (bicyclic) bond motifs is 5. The molecule has 2 aromatic rings. The van der Waals surface area contributed by atoms with Crippen molar-refractivity contribution in [2.24, 2.45) is 23.2 Å². The minimum atomic E-state index is -0.649. The number of hydrogen-bond donors (Lipinski definition) is 3. The Balaban J connectivity index is 1.44. The number of thiazole rings is 1. The summed E-state index contributed by atoms with van der Waals surface area (Å²) in [6, 6.07) is 3.01. The number of aryl methyl sites for hydroxylation is 2. The number of aliphatic hydroxyl groups excluding tert-OH is 1. The molecule has 3 aliphatic rings. The van der Waals surface area contributed by atoms with Crippen molar-refractivity contribution < 1.29 is 24.7 Å². The van der Waals surface area contributed by atoms with Crippen molar-refractivity contribution in [3.05, 3.63) is 56.3 Å². The van der Waals surface area contributed by atoms with Gasteiger partial charge in [0.15, 0.2) is 16.7 Å². The zero-order valence-electron chi connectivity index (χ0n) is 20.2. The molecular formula is C26H29N3O6S. The number of hydrogen-bond acceptors (Lipinski definition) is 8. The van der Waals surface area contributed by atoms with Crippen LogP contribution in [0.15, 0.2) is 30.2 Å². The van der Waals surface area contributed by atoms with Gasteiger partial charge in [-0.1, -0.05) is 6.92 Å². The second kappa shape index (κ2) is 8.99. The Bertz CT molecular complexity index is 1290. The predicted octanol–water partition coefficient (Wildman–Crippen LogP) is 5.19. The highest BCUT2D eigenvalue weighted by Crippen LogP contribution is 2.63. The highest BCUT2D eigenvalue weighted by molar-refractivity contribution is 7.15. The largest absolute Gasteiger partial charge is 0.515 e. The standard InChI is InChI=1S/C26H29N3O6S/c1-13-11-27-25(36-13)28-22(32)6-5-17-19(12-30)24(33)26(2)8-7-15-16(23(17)26)4-3-14-9-21(31)20(29(34)35)10-18(14)15/h9-12,15-17,23,30-31H,3-8H2,1-2H3,(H,27,28,32)/b19-12+/t15?,16?,17-,23?,26+/m1/s1. The zero-order chi connectivity index (χ0) is 25.8. The molecule has 3 unspecified atom stereocenters. The van der Waals surface area contributed by atoms with Gasteiger partial charge in [0.05, 0.1) is 11.2 Å². The van der Waals surface area contributed by atoms with Crippen molar-refractivity contribution in [3.8, 4) is 5.75 Å². The van der Waals surface area contributed by atoms with Crippen molar-refractivity contribution >= 4 is 33.8 Å². The summed E-state index contributed by atoms with van der Waals surface area (Å²) in [7, 11) is 0. The molecule has 1 amide bonds. The fourth-order valence-electron chi connectivity index (χ4n) is 7.06. The number of nitro groups is 1. The first-order valence-corrected chi connectivity index (χ1v) is 13.1. The number of Topliss-reactive ketones (excluding diaryl/α,β-unsaturated/α-hetero) is 1. The van der Waals surface area contributed by atoms with Gasteiger partial charge in [-0.15, -0.1) is 11.3 Å². The average Bonchev–Trinajstić information content (AvgIpc) is 3.34. The molecule has 0 radical (unpaired) electrons. The van der Waals surface area contributed by atoms with Crippen LogP contribution in [0.4, 0.5) is 10.8 Å². The SMILES string of the molecule is Cc1cnc(NC(=O)CC[C@@H]2/C(=C\O)C(=O)[C@@]3(C)CCC4c5cc([N+](=O)[O-])c(O)cc5CCC4C23)s1. The van der Waals surface area contributed by atoms with E-state index in [1.807, 2.05) is 13.8 Å². The molecule has 0 bridgehead atoms. The van der Waals surface area contributed by atoms with Crippen LogP contribution in [-0.4, -0.2) is 31.8 Å². The molecule has 5 rings (SSSR count). The van der Waals surface area contributed by atoms with E-state index in [2.05, 4.69) is 10.3 Å². The van der Waals surface area contributed by atoms with E-state index in [1.165, 1.54) is 23.5 Å². The maximum Gasteiger partial charge on any atom is 0.310 e. The lowest BCUT2D eigenvalue weighted by Crippen LogP contribution is -2.44. The van der Waals surface area contributed by atoms with Gasteiger partial charge in [-0.2, -0.15) is 0 Å². The Morgan fingerprint density at radius 3 is 2.83 bits per heavy atom. The number of aromatic hydroxyl groups is 1. The van der Waals surface area contributed by atoms with E-state index in [0.29, 0.717) is 36.4 Å². The Hall–Kier alpha value is -3.27. The van der Waals surface area contributed by atoms with Gasteiger partial charge in [0.1, 0.15) is 0 Å². The van der Waals surface area contributed by atoms with Crippen molar-refractivity contribution in [2.45, 2.75) is 58.3 Å². The number of nitro benzene ring substituents is 1. The van der Waals surface area contributed by atoms with Crippen LogP contribution in [0.1, 0.15) is 60.9 Å². The molecule has 3 aliphatic carbocycles. The number of phenols is 1. The topological polar surface area (TPSA) is 143 Å². The second-order valence-corrected chi connectivity index (χ2v) is 11.7. The van der Waals surface area contributed by atoms with Gasteiger partial charge in [-0.05, 0) is 79.9 Å². The summed E-state index contributed by atoms with van der Waals surface area (Å²) in [5.41, 5.74) is 1.22. The zero-order valence-corrected chi connectivity index (χ0v) is 21.0. The van der Waals surface area contributed by atoms with E-state index in [1.54, 1.807) is 6.20 Å². The summed E-state index contributed by atoms with van der Waals surface area (Å²) in [6.07, 6.45) is 5.96. The lowest BCUT2D eigenvalue weighted by molar-refractivity contribution is -0.386. The van der Waals surface area contributed by atoms with Crippen LogP contribution < -0.4 is 5.32 Å². The number of anilines is 1. The van der Waals surface area contributed by atoms with Gasteiger partial charge in [0.25, 0.3) is 0 Å². The number of aromatic nitrogens is 1. The van der Waals surface area contributed by atoms with Crippen molar-refractivity contribution in [3.63, 3.8) is 0 Å². The third-order valence-corrected chi connectivity index (χ3v) is 9.40. The number of allylic oxidation sites excluding steroid dienone is 1. The minimum Gasteiger partial charge on any atom is -0.515 e. The fourth-order valence-corrected chi connectivity index (χ4v) is 7.74. The van der Waals surface area contributed by atoms with Crippen LogP contribution in [0.3, 0.4) is 0 Å². The number of aliphatic hydroxyl groups is 1. The fraction of sp³-hybridized carbons (Fsp3) is 0.500. The number of carbonyl (C=O) groups excluding carboxylic acids is 2. The van der Waals surface area contributed by atoms with Crippen LogP contribution in [0, 0.1) is 40.2 Å². The number of carbonyl (C=O) groups is 2. The summed E-state index contributed by atoms with van der Waals surface area (Å²) in [6.45, 7) is 3.88. The summed E-state index contributed by atoms with van der Waals surface area (Å²) < 4.78 is 0. The maximum absolute atomic E-state index is 13.5. The highest BCUT2D eigenvalue weighted by atomic mass is 32.1. The Kier molecular flexibility index (Phi) is 6.10. The van der Waals surface area contributed by atoms with Crippen LogP contribution in [-0.2, 0) is 16.0 Å². The smallest absolute Gasteiger partial charge is 0.310 e. The number of rotatable bonds is 5. The molecule has 1 heterocycles. The number of nitrogens with one attached hydrogen (secondary N) is 1. The molecule has 1 aromatic carbocycles. The summed E-state index contributed by atoms with van der Waals surface area (Å²) in [5.74, 6) is -0.829. The van der Waals surface area contributed by atoms with Gasteiger partial charge >= 0.3 is 5.69 Å². The molecule has 1 aromatic heterocycles. The summed E-state index contributed by atoms with van der Waals surface area (Å²) in [4.78, 5) is 42.2. The highest BCUT2D eigenvalue weighted by Gasteiger charge is 2.60. The summed E-state index contributed by atoms with van der Waals surface area (Å²) >= 11 is 1.40. The molecule has 0 spiro atoms.